The minimum atomic E-state index is -0.878. The molecule has 0 saturated heterocycles. The number of carbonyl (C=O) groups is 1. The fourth-order valence-electron chi connectivity index (χ4n) is 2.71. The zero-order valence-corrected chi connectivity index (χ0v) is 13.9. The zero-order chi connectivity index (χ0) is 16.7. The molecule has 0 spiro atoms. The SMILES string of the molecule is CCCn1ccnc1CCCN(C)Cc1cccc(C(=O)O)c1. The number of carboxylic acids is 1. The average molecular weight is 315 g/mol. The first-order valence-electron chi connectivity index (χ1n) is 8.11. The van der Waals surface area contributed by atoms with E-state index in [2.05, 4.69) is 28.4 Å². The van der Waals surface area contributed by atoms with Gasteiger partial charge in [-0.3, -0.25) is 0 Å². The van der Waals surface area contributed by atoms with E-state index in [1.54, 1.807) is 18.2 Å². The first-order chi connectivity index (χ1) is 11.1. The minimum absolute atomic E-state index is 0.345. The Morgan fingerprint density at radius 3 is 2.96 bits per heavy atom. The van der Waals surface area contributed by atoms with Crippen molar-refractivity contribution < 1.29 is 9.90 Å². The second-order valence-corrected chi connectivity index (χ2v) is 5.88. The molecule has 1 aromatic carbocycles. The molecule has 0 bridgehead atoms. The quantitative estimate of drug-likeness (QED) is 0.772. The van der Waals surface area contributed by atoms with Crippen LogP contribution in [-0.2, 0) is 19.5 Å². The van der Waals surface area contributed by atoms with Gasteiger partial charge in [-0.1, -0.05) is 19.1 Å². The fourth-order valence-corrected chi connectivity index (χ4v) is 2.71. The van der Waals surface area contributed by atoms with Gasteiger partial charge in [-0.25, -0.2) is 9.78 Å². The number of hydrogen-bond donors (Lipinski definition) is 1. The Balaban J connectivity index is 1.81. The number of nitrogens with zero attached hydrogens (tertiary/aromatic N) is 3. The summed E-state index contributed by atoms with van der Waals surface area (Å²) < 4.78 is 2.22. The third-order valence-corrected chi connectivity index (χ3v) is 3.83. The summed E-state index contributed by atoms with van der Waals surface area (Å²) in [4.78, 5) is 17.6. The average Bonchev–Trinajstić information content (AvgIpc) is 2.95. The highest BCUT2D eigenvalue weighted by Gasteiger charge is 2.07. The molecule has 23 heavy (non-hydrogen) atoms. The number of rotatable bonds is 9. The highest BCUT2D eigenvalue weighted by molar-refractivity contribution is 5.87. The Bertz CT molecular complexity index is 637. The van der Waals surface area contributed by atoms with Crippen molar-refractivity contribution in [1.29, 1.82) is 0 Å². The molecule has 2 aromatic rings. The number of benzene rings is 1. The summed E-state index contributed by atoms with van der Waals surface area (Å²) in [7, 11) is 2.06. The van der Waals surface area contributed by atoms with Crippen LogP contribution in [0.3, 0.4) is 0 Å². The van der Waals surface area contributed by atoms with Gasteiger partial charge in [-0.15, -0.1) is 0 Å². The lowest BCUT2D eigenvalue weighted by atomic mass is 10.1. The van der Waals surface area contributed by atoms with Crippen LogP contribution in [-0.4, -0.2) is 39.1 Å². The Labute approximate surface area is 137 Å². The molecule has 0 atom stereocenters. The second-order valence-electron chi connectivity index (χ2n) is 5.88. The molecule has 1 heterocycles. The van der Waals surface area contributed by atoms with Crippen molar-refractivity contribution >= 4 is 5.97 Å². The summed E-state index contributed by atoms with van der Waals surface area (Å²) in [5, 5.41) is 9.04. The van der Waals surface area contributed by atoms with Crippen LogP contribution in [0.25, 0.3) is 0 Å². The normalized spacial score (nSPS) is 11.1. The van der Waals surface area contributed by atoms with Gasteiger partial charge in [-0.2, -0.15) is 0 Å². The molecule has 0 aliphatic rings. The summed E-state index contributed by atoms with van der Waals surface area (Å²) in [6, 6.07) is 7.14. The monoisotopic (exact) mass is 315 g/mol. The molecule has 0 aliphatic carbocycles. The molecule has 1 N–H and O–H groups in total. The van der Waals surface area contributed by atoms with Crippen molar-refractivity contribution in [2.45, 2.75) is 39.3 Å². The Morgan fingerprint density at radius 1 is 1.39 bits per heavy atom. The topological polar surface area (TPSA) is 58.4 Å². The molecule has 0 saturated carbocycles. The summed E-state index contributed by atoms with van der Waals surface area (Å²) in [6.07, 6.45) is 7.03. The molecule has 0 aliphatic heterocycles. The molecule has 5 nitrogen and oxygen atoms in total. The van der Waals surface area contributed by atoms with Gasteiger partial charge in [-0.05, 0) is 44.1 Å². The van der Waals surface area contributed by atoms with E-state index >= 15 is 0 Å². The van der Waals surface area contributed by atoms with Gasteiger partial charge in [0.2, 0.25) is 0 Å². The van der Waals surface area contributed by atoms with Gasteiger partial charge in [0, 0.05) is 31.9 Å². The van der Waals surface area contributed by atoms with E-state index in [0.717, 1.165) is 50.3 Å². The molecule has 5 heteroatoms. The van der Waals surface area contributed by atoms with E-state index in [1.807, 2.05) is 18.5 Å². The maximum atomic E-state index is 11.0. The van der Waals surface area contributed by atoms with E-state index < -0.39 is 5.97 Å². The molecular weight excluding hydrogens is 290 g/mol. The maximum Gasteiger partial charge on any atom is 0.335 e. The van der Waals surface area contributed by atoms with Gasteiger partial charge >= 0.3 is 5.97 Å². The van der Waals surface area contributed by atoms with Crippen LogP contribution in [0.5, 0.6) is 0 Å². The second kappa shape index (κ2) is 8.48. The largest absolute Gasteiger partial charge is 0.478 e. The smallest absolute Gasteiger partial charge is 0.335 e. The molecule has 0 fully saturated rings. The van der Waals surface area contributed by atoms with Crippen LogP contribution in [0.4, 0.5) is 0 Å². The van der Waals surface area contributed by atoms with Crippen LogP contribution >= 0.6 is 0 Å². The Kier molecular flexibility index (Phi) is 6.35. The molecule has 0 radical (unpaired) electrons. The number of aromatic carboxylic acids is 1. The van der Waals surface area contributed by atoms with E-state index in [-0.39, 0.29) is 0 Å². The highest BCUT2D eigenvalue weighted by Crippen LogP contribution is 2.09. The first kappa shape index (κ1) is 17.2. The van der Waals surface area contributed by atoms with Crippen molar-refractivity contribution in [3.8, 4) is 0 Å². The molecule has 0 unspecified atom stereocenters. The highest BCUT2D eigenvalue weighted by atomic mass is 16.4. The summed E-state index contributed by atoms with van der Waals surface area (Å²) in [6.45, 7) is 4.90. The molecule has 0 amide bonds. The van der Waals surface area contributed by atoms with Gasteiger partial charge in [0.15, 0.2) is 0 Å². The minimum Gasteiger partial charge on any atom is -0.478 e. The fraction of sp³-hybridized carbons (Fsp3) is 0.444. The van der Waals surface area contributed by atoms with Crippen molar-refractivity contribution in [2.75, 3.05) is 13.6 Å². The van der Waals surface area contributed by atoms with Crippen molar-refractivity contribution in [1.82, 2.24) is 14.5 Å². The van der Waals surface area contributed by atoms with Gasteiger partial charge in [0.25, 0.3) is 0 Å². The predicted octanol–water partition coefficient (Wildman–Crippen LogP) is 3.06. The number of carboxylic acid groups (broad SMARTS) is 1. The lowest BCUT2D eigenvalue weighted by Gasteiger charge is -2.17. The van der Waals surface area contributed by atoms with Gasteiger partial charge < -0.3 is 14.6 Å². The third kappa shape index (κ3) is 5.21. The van der Waals surface area contributed by atoms with Crippen LogP contribution in [0.2, 0.25) is 0 Å². The van der Waals surface area contributed by atoms with E-state index in [9.17, 15) is 4.79 Å². The van der Waals surface area contributed by atoms with Crippen molar-refractivity contribution in [3.05, 3.63) is 53.6 Å². The van der Waals surface area contributed by atoms with Crippen LogP contribution in [0, 0.1) is 0 Å². The first-order valence-corrected chi connectivity index (χ1v) is 8.11. The summed E-state index contributed by atoms with van der Waals surface area (Å²) in [5.41, 5.74) is 1.37. The lowest BCUT2D eigenvalue weighted by molar-refractivity contribution is 0.0696. The third-order valence-electron chi connectivity index (χ3n) is 3.83. The molecular formula is C18H25N3O2. The number of imidazole rings is 1. The molecule has 124 valence electrons. The number of aryl methyl sites for hydroxylation is 2. The standard InChI is InChI=1S/C18H25N3O2/c1-3-10-21-12-9-19-17(21)8-5-11-20(2)14-15-6-4-7-16(13-15)18(22)23/h4,6-7,9,12-13H,3,5,8,10-11,14H2,1-2H3,(H,22,23). The summed E-state index contributed by atoms with van der Waals surface area (Å²) in [5.74, 6) is 0.269. The zero-order valence-electron chi connectivity index (χ0n) is 13.9. The number of hydrogen-bond acceptors (Lipinski definition) is 3. The van der Waals surface area contributed by atoms with E-state index in [1.165, 1.54) is 0 Å². The van der Waals surface area contributed by atoms with Crippen molar-refractivity contribution in [3.63, 3.8) is 0 Å². The molecule has 2 rings (SSSR count). The predicted molar refractivity (Wildman–Crippen MR) is 90.6 cm³/mol. The van der Waals surface area contributed by atoms with Crippen LogP contribution in [0.15, 0.2) is 36.7 Å². The molecule has 1 aromatic heterocycles. The number of aromatic nitrogens is 2. The van der Waals surface area contributed by atoms with Gasteiger partial charge in [0.05, 0.1) is 5.56 Å². The lowest BCUT2D eigenvalue weighted by Crippen LogP contribution is -2.20. The van der Waals surface area contributed by atoms with Crippen LogP contribution < -0.4 is 0 Å². The Hall–Kier alpha value is -2.14. The van der Waals surface area contributed by atoms with Crippen LogP contribution in [0.1, 0.15) is 41.5 Å². The Morgan fingerprint density at radius 2 is 2.22 bits per heavy atom. The van der Waals surface area contributed by atoms with E-state index in [4.69, 9.17) is 5.11 Å². The van der Waals surface area contributed by atoms with E-state index in [0.29, 0.717) is 5.56 Å². The maximum absolute atomic E-state index is 11.0. The summed E-state index contributed by atoms with van der Waals surface area (Å²) >= 11 is 0. The van der Waals surface area contributed by atoms with Crippen molar-refractivity contribution in [2.24, 2.45) is 0 Å². The van der Waals surface area contributed by atoms with Gasteiger partial charge in [0.1, 0.15) is 5.82 Å².